The second-order valence-corrected chi connectivity index (χ2v) is 13.1. The van der Waals surface area contributed by atoms with Gasteiger partial charge in [0.1, 0.15) is 10.3 Å². The highest BCUT2D eigenvalue weighted by molar-refractivity contribution is 7.27. The van der Waals surface area contributed by atoms with E-state index in [1.165, 1.54) is 62.8 Å². The van der Waals surface area contributed by atoms with Crippen LogP contribution in [0.4, 0.5) is 0 Å². The molecule has 4 heterocycles. The number of thiophene rings is 2. The molecule has 0 aliphatic carbocycles. The Bertz CT molecular complexity index is 2730. The van der Waals surface area contributed by atoms with Crippen molar-refractivity contribution in [3.8, 4) is 16.9 Å². The average molecular weight is 584 g/mol. The summed E-state index contributed by atoms with van der Waals surface area (Å²) in [4.78, 5) is 11.0. The van der Waals surface area contributed by atoms with Gasteiger partial charge in [0, 0.05) is 52.3 Å². The van der Waals surface area contributed by atoms with Gasteiger partial charge in [0.2, 0.25) is 0 Å². The molecule has 0 N–H and O–H groups in total. The minimum absolute atomic E-state index is 0.893. The molecule has 5 heteroatoms. The van der Waals surface area contributed by atoms with Crippen LogP contribution in [0.3, 0.4) is 0 Å². The molecule has 0 aliphatic rings. The maximum absolute atomic E-state index is 5.09. The predicted molar refractivity (Wildman–Crippen MR) is 185 cm³/mol. The largest absolute Gasteiger partial charge is 0.309 e. The first kappa shape index (κ1) is 23.5. The van der Waals surface area contributed by atoms with E-state index in [0.29, 0.717) is 0 Å². The molecule has 0 unspecified atom stereocenters. The van der Waals surface area contributed by atoms with E-state index in [0.717, 1.165) is 27.3 Å². The number of nitrogens with zero attached hydrogens (tertiary/aromatic N) is 3. The van der Waals surface area contributed by atoms with Crippen LogP contribution >= 0.6 is 22.7 Å². The first-order chi connectivity index (χ1) is 21.3. The lowest BCUT2D eigenvalue weighted by molar-refractivity contribution is 1.18. The number of rotatable bonds is 2. The van der Waals surface area contributed by atoms with E-state index in [4.69, 9.17) is 9.97 Å². The molecule has 0 saturated carbocycles. The second-order valence-electron chi connectivity index (χ2n) is 11.0. The van der Waals surface area contributed by atoms with E-state index in [1.807, 2.05) is 17.5 Å². The number of para-hydroxylation sites is 1. The van der Waals surface area contributed by atoms with Crippen molar-refractivity contribution < 1.29 is 0 Å². The molecule has 0 fully saturated rings. The molecule has 0 aliphatic heterocycles. The summed E-state index contributed by atoms with van der Waals surface area (Å²) < 4.78 is 6.30. The zero-order valence-electron chi connectivity index (χ0n) is 22.8. The summed E-state index contributed by atoms with van der Waals surface area (Å²) in [6, 6.07) is 43.7. The van der Waals surface area contributed by atoms with Crippen molar-refractivity contribution in [1.29, 1.82) is 0 Å². The molecule has 43 heavy (non-hydrogen) atoms. The lowest BCUT2D eigenvalue weighted by Gasteiger charge is -2.09. The summed E-state index contributed by atoms with van der Waals surface area (Å²) in [6.07, 6.45) is 1.92. The summed E-state index contributed by atoms with van der Waals surface area (Å²) in [5.74, 6) is 0. The standard InChI is InChI=1S/C38H21N3S2/c1-2-8-25-22(7-1)15-20-33-35(25)36-38(43-33)40-29(21-39-36)23-13-16-24(17-14-23)41-30-11-5-3-10-28(30)34-31(41)19-18-27-26-9-4-6-12-32(26)42-37(27)34/h1-21H. The minimum atomic E-state index is 0.893. The van der Waals surface area contributed by atoms with Crippen molar-refractivity contribution in [1.82, 2.24) is 14.5 Å². The molecule has 4 aromatic heterocycles. The van der Waals surface area contributed by atoms with Gasteiger partial charge in [-0.05, 0) is 47.2 Å². The van der Waals surface area contributed by atoms with Crippen LogP contribution < -0.4 is 0 Å². The van der Waals surface area contributed by atoms with Crippen LogP contribution in [0.2, 0.25) is 0 Å². The molecule has 3 nitrogen and oxygen atoms in total. The third-order valence-electron chi connectivity index (χ3n) is 8.68. The van der Waals surface area contributed by atoms with Crippen LogP contribution in [-0.4, -0.2) is 14.5 Å². The molecule has 10 aromatic rings. The van der Waals surface area contributed by atoms with Gasteiger partial charge in [0.25, 0.3) is 0 Å². The van der Waals surface area contributed by atoms with E-state index >= 15 is 0 Å². The topological polar surface area (TPSA) is 30.7 Å². The number of fused-ring (bicyclic) bond motifs is 12. The van der Waals surface area contributed by atoms with Crippen molar-refractivity contribution in [2.24, 2.45) is 0 Å². The van der Waals surface area contributed by atoms with E-state index in [2.05, 4.69) is 126 Å². The van der Waals surface area contributed by atoms with Gasteiger partial charge < -0.3 is 4.57 Å². The lowest BCUT2D eigenvalue weighted by Crippen LogP contribution is -1.94. The Morgan fingerprint density at radius 2 is 1.33 bits per heavy atom. The molecule has 0 radical (unpaired) electrons. The fraction of sp³-hybridized carbons (Fsp3) is 0. The fourth-order valence-electron chi connectivity index (χ4n) is 6.73. The zero-order valence-corrected chi connectivity index (χ0v) is 24.4. The molecule has 200 valence electrons. The quantitative estimate of drug-likeness (QED) is 0.203. The first-order valence-corrected chi connectivity index (χ1v) is 16.0. The Morgan fingerprint density at radius 1 is 0.535 bits per heavy atom. The van der Waals surface area contributed by atoms with Crippen molar-refractivity contribution in [2.45, 2.75) is 0 Å². The van der Waals surface area contributed by atoms with E-state index in [9.17, 15) is 0 Å². The molecular weight excluding hydrogens is 563 g/mol. The Hall–Kier alpha value is -5.10. The Kier molecular flexibility index (Phi) is 4.75. The zero-order chi connectivity index (χ0) is 28.1. The highest BCUT2D eigenvalue weighted by Gasteiger charge is 2.18. The summed E-state index contributed by atoms with van der Waals surface area (Å²) in [7, 11) is 0. The van der Waals surface area contributed by atoms with Crippen LogP contribution in [0.1, 0.15) is 0 Å². The number of hydrogen-bond donors (Lipinski definition) is 0. The average Bonchev–Trinajstić information content (AvgIpc) is 3.74. The highest BCUT2D eigenvalue weighted by atomic mass is 32.1. The predicted octanol–water partition coefficient (Wildman–Crippen LogP) is 11.1. The summed E-state index contributed by atoms with van der Waals surface area (Å²) in [5, 5.41) is 8.93. The Balaban J connectivity index is 1.13. The van der Waals surface area contributed by atoms with Crippen LogP contribution in [0.15, 0.2) is 128 Å². The second kappa shape index (κ2) is 8.71. The van der Waals surface area contributed by atoms with Crippen LogP contribution in [-0.2, 0) is 0 Å². The summed E-state index contributed by atoms with van der Waals surface area (Å²) in [5.41, 5.74) is 6.52. The third kappa shape index (κ3) is 3.29. The van der Waals surface area contributed by atoms with Gasteiger partial charge in [-0.1, -0.05) is 84.9 Å². The molecule has 10 rings (SSSR count). The van der Waals surface area contributed by atoms with Gasteiger partial charge in [0.15, 0.2) is 0 Å². The van der Waals surface area contributed by atoms with Gasteiger partial charge in [-0.25, -0.2) is 4.98 Å². The Labute approximate surface area is 253 Å². The maximum Gasteiger partial charge on any atom is 0.143 e. The summed E-state index contributed by atoms with van der Waals surface area (Å²) >= 11 is 3.60. The smallest absolute Gasteiger partial charge is 0.143 e. The number of benzene rings is 6. The molecule has 6 aromatic carbocycles. The molecular formula is C38H21N3S2. The first-order valence-electron chi connectivity index (χ1n) is 14.3. The van der Waals surface area contributed by atoms with Crippen LogP contribution in [0.25, 0.3) is 90.1 Å². The molecule has 0 atom stereocenters. The van der Waals surface area contributed by atoms with Crippen molar-refractivity contribution in [3.63, 3.8) is 0 Å². The molecule has 0 spiro atoms. The fourth-order valence-corrected chi connectivity index (χ4v) is 9.04. The van der Waals surface area contributed by atoms with Crippen molar-refractivity contribution in [3.05, 3.63) is 128 Å². The van der Waals surface area contributed by atoms with Gasteiger partial charge in [-0.3, -0.25) is 4.98 Å². The number of hydrogen-bond acceptors (Lipinski definition) is 4. The normalized spacial score (nSPS) is 12.2. The van der Waals surface area contributed by atoms with Crippen molar-refractivity contribution >= 4 is 95.9 Å². The van der Waals surface area contributed by atoms with Gasteiger partial charge in [-0.2, -0.15) is 0 Å². The highest BCUT2D eigenvalue weighted by Crippen LogP contribution is 2.43. The van der Waals surface area contributed by atoms with Crippen molar-refractivity contribution in [2.75, 3.05) is 0 Å². The summed E-state index contributed by atoms with van der Waals surface area (Å²) in [6.45, 7) is 0. The van der Waals surface area contributed by atoms with Gasteiger partial charge >= 0.3 is 0 Å². The van der Waals surface area contributed by atoms with Crippen LogP contribution in [0, 0.1) is 0 Å². The SMILES string of the molecule is c1ccc2c(c1)ccc1sc3nc(-c4ccc(-n5c6ccccc6c6c7sc8ccccc8c7ccc65)cc4)cnc3c12. The monoisotopic (exact) mass is 583 g/mol. The number of aromatic nitrogens is 3. The molecule has 0 amide bonds. The Morgan fingerprint density at radius 3 is 2.23 bits per heavy atom. The lowest BCUT2D eigenvalue weighted by atomic mass is 10.1. The molecule has 0 saturated heterocycles. The van der Waals surface area contributed by atoms with Crippen LogP contribution in [0.5, 0.6) is 0 Å². The maximum atomic E-state index is 5.09. The van der Waals surface area contributed by atoms with E-state index in [1.54, 1.807) is 11.3 Å². The van der Waals surface area contributed by atoms with Gasteiger partial charge in [-0.15, -0.1) is 22.7 Å². The molecule has 0 bridgehead atoms. The van der Waals surface area contributed by atoms with E-state index < -0.39 is 0 Å². The van der Waals surface area contributed by atoms with E-state index in [-0.39, 0.29) is 0 Å². The minimum Gasteiger partial charge on any atom is -0.309 e. The third-order valence-corrected chi connectivity index (χ3v) is 10.9. The van der Waals surface area contributed by atoms with Gasteiger partial charge in [0.05, 0.1) is 22.9 Å².